The number of aryl methyl sites for hydroxylation is 2. The van der Waals surface area contributed by atoms with Gasteiger partial charge in [-0.3, -0.25) is 0 Å². The average Bonchev–Trinajstić information content (AvgIpc) is 2.97. The average molecular weight is 369 g/mol. The van der Waals surface area contributed by atoms with Crippen molar-refractivity contribution in [1.29, 1.82) is 0 Å². The molecule has 0 fully saturated rings. The fourth-order valence-electron chi connectivity index (χ4n) is 4.31. The number of anilines is 1. The Morgan fingerprint density at radius 3 is 2.58 bits per heavy atom. The topological polar surface area (TPSA) is 48.0 Å². The third-order valence-corrected chi connectivity index (χ3v) is 6.23. The number of hydrogen-bond acceptors (Lipinski definition) is 2. The Kier molecular flexibility index (Phi) is 3.87. The molecular weight excluding hydrogens is 344 g/mol. The SMILES string of the molecule is Cc1cc(-c2cccc3c(C)c[nH]c23)c(Cl)c2c1NC(C)(C)[C@H](O)[C@H]2C. The third-order valence-electron chi connectivity index (χ3n) is 5.83. The van der Waals surface area contributed by atoms with Gasteiger partial charge in [0.25, 0.3) is 0 Å². The molecule has 136 valence electrons. The zero-order valence-electron chi connectivity index (χ0n) is 15.9. The van der Waals surface area contributed by atoms with E-state index in [2.05, 4.69) is 55.3 Å². The monoisotopic (exact) mass is 368 g/mol. The van der Waals surface area contributed by atoms with E-state index in [9.17, 15) is 5.11 Å². The molecule has 2 heterocycles. The number of rotatable bonds is 1. The molecule has 0 unspecified atom stereocenters. The van der Waals surface area contributed by atoms with Crippen LogP contribution in [0.2, 0.25) is 5.02 Å². The number of nitrogens with one attached hydrogen (secondary N) is 2. The van der Waals surface area contributed by atoms with Gasteiger partial charge in [-0.25, -0.2) is 0 Å². The molecule has 1 aromatic heterocycles. The number of benzene rings is 2. The highest BCUT2D eigenvalue weighted by molar-refractivity contribution is 6.35. The Balaban J connectivity index is 2.00. The molecule has 4 rings (SSSR count). The lowest BCUT2D eigenvalue weighted by Gasteiger charge is -2.43. The summed E-state index contributed by atoms with van der Waals surface area (Å²) < 4.78 is 0. The summed E-state index contributed by atoms with van der Waals surface area (Å²) in [5.74, 6) is -0.0445. The number of aromatic nitrogens is 1. The molecule has 0 spiro atoms. The van der Waals surface area contributed by atoms with Crippen molar-refractivity contribution in [2.24, 2.45) is 0 Å². The summed E-state index contributed by atoms with van der Waals surface area (Å²) in [5.41, 5.74) is 7.24. The largest absolute Gasteiger partial charge is 0.390 e. The lowest BCUT2D eigenvalue weighted by Crippen LogP contribution is -2.50. The molecule has 3 aromatic rings. The zero-order valence-corrected chi connectivity index (χ0v) is 16.6. The fraction of sp³-hybridized carbons (Fsp3) is 0.364. The minimum Gasteiger partial charge on any atom is -0.390 e. The maximum absolute atomic E-state index is 10.8. The molecule has 1 aliphatic heterocycles. The van der Waals surface area contributed by atoms with Crippen LogP contribution in [0.25, 0.3) is 22.0 Å². The van der Waals surface area contributed by atoms with Crippen LogP contribution in [0.3, 0.4) is 0 Å². The van der Waals surface area contributed by atoms with Crippen LogP contribution in [-0.4, -0.2) is 21.7 Å². The first-order valence-corrected chi connectivity index (χ1v) is 9.46. The number of H-pyrrole nitrogens is 1. The van der Waals surface area contributed by atoms with Crippen LogP contribution >= 0.6 is 11.6 Å². The summed E-state index contributed by atoms with van der Waals surface area (Å²) in [6.45, 7) is 10.3. The molecule has 0 saturated carbocycles. The molecule has 3 N–H and O–H groups in total. The Morgan fingerprint density at radius 1 is 1.12 bits per heavy atom. The third kappa shape index (κ3) is 2.38. The molecule has 2 aromatic carbocycles. The predicted molar refractivity (Wildman–Crippen MR) is 110 cm³/mol. The van der Waals surface area contributed by atoms with E-state index in [0.717, 1.165) is 38.5 Å². The van der Waals surface area contributed by atoms with Gasteiger partial charge in [0.2, 0.25) is 0 Å². The van der Waals surface area contributed by atoms with Gasteiger partial charge in [0, 0.05) is 39.9 Å². The smallest absolute Gasteiger partial charge is 0.0831 e. The number of halogens is 1. The van der Waals surface area contributed by atoms with Crippen LogP contribution < -0.4 is 5.32 Å². The second kappa shape index (κ2) is 5.77. The zero-order chi connectivity index (χ0) is 18.8. The maximum Gasteiger partial charge on any atom is 0.0831 e. The predicted octanol–water partition coefficient (Wildman–Crippen LogP) is 5.77. The minimum absolute atomic E-state index is 0.0445. The summed E-state index contributed by atoms with van der Waals surface area (Å²) in [6.07, 6.45) is 1.52. The van der Waals surface area contributed by atoms with Gasteiger partial charge in [-0.2, -0.15) is 0 Å². The number of aliphatic hydroxyl groups is 1. The number of aliphatic hydroxyl groups excluding tert-OH is 1. The lowest BCUT2D eigenvalue weighted by atomic mass is 9.77. The van der Waals surface area contributed by atoms with E-state index in [-0.39, 0.29) is 5.92 Å². The van der Waals surface area contributed by atoms with Crippen LogP contribution in [0.4, 0.5) is 5.69 Å². The van der Waals surface area contributed by atoms with Gasteiger partial charge < -0.3 is 15.4 Å². The first kappa shape index (κ1) is 17.4. The molecule has 0 saturated heterocycles. The first-order chi connectivity index (χ1) is 12.2. The summed E-state index contributed by atoms with van der Waals surface area (Å²) in [6, 6.07) is 8.45. The fourth-order valence-corrected chi connectivity index (χ4v) is 4.73. The van der Waals surface area contributed by atoms with E-state index < -0.39 is 11.6 Å². The van der Waals surface area contributed by atoms with Crippen molar-refractivity contribution < 1.29 is 5.11 Å². The van der Waals surface area contributed by atoms with Crippen LogP contribution in [0.1, 0.15) is 43.4 Å². The van der Waals surface area contributed by atoms with E-state index >= 15 is 0 Å². The second-order valence-corrected chi connectivity index (χ2v) is 8.50. The highest BCUT2D eigenvalue weighted by atomic mass is 35.5. The number of fused-ring (bicyclic) bond motifs is 2. The highest BCUT2D eigenvalue weighted by Gasteiger charge is 2.40. The van der Waals surface area contributed by atoms with Gasteiger partial charge in [-0.1, -0.05) is 36.7 Å². The van der Waals surface area contributed by atoms with Gasteiger partial charge in [0.05, 0.1) is 22.2 Å². The van der Waals surface area contributed by atoms with E-state index in [1.165, 1.54) is 10.9 Å². The standard InChI is InChI=1S/C22H25ClN2O/c1-11-9-16(15-8-6-7-14-12(2)10-24-20(14)15)18(23)17-13(3)21(26)22(4,5)25-19(11)17/h6-10,13,21,24-26H,1-5H3/t13-,21+/m0/s1. The minimum atomic E-state index is -0.509. The van der Waals surface area contributed by atoms with Gasteiger partial charge >= 0.3 is 0 Å². The summed E-state index contributed by atoms with van der Waals surface area (Å²) in [7, 11) is 0. The second-order valence-electron chi connectivity index (χ2n) is 8.12. The van der Waals surface area contributed by atoms with Crippen molar-refractivity contribution in [3.8, 4) is 11.1 Å². The maximum atomic E-state index is 10.8. The molecule has 4 heteroatoms. The molecule has 26 heavy (non-hydrogen) atoms. The van der Waals surface area contributed by atoms with Crippen molar-refractivity contribution in [1.82, 2.24) is 4.98 Å². The van der Waals surface area contributed by atoms with Gasteiger partial charge in [-0.15, -0.1) is 0 Å². The molecule has 0 aliphatic carbocycles. The molecular formula is C22H25ClN2O. The Hall–Kier alpha value is -1.97. The van der Waals surface area contributed by atoms with Gasteiger partial charge in [0.15, 0.2) is 0 Å². The molecule has 3 nitrogen and oxygen atoms in total. The number of para-hydroxylation sites is 1. The van der Waals surface area contributed by atoms with Crippen LogP contribution in [0.5, 0.6) is 0 Å². The van der Waals surface area contributed by atoms with E-state index in [0.29, 0.717) is 0 Å². The normalized spacial score (nSPS) is 21.5. The van der Waals surface area contributed by atoms with Gasteiger partial charge in [0.1, 0.15) is 0 Å². The molecule has 0 radical (unpaired) electrons. The van der Waals surface area contributed by atoms with Gasteiger partial charge in [-0.05, 0) is 44.9 Å². The number of aromatic amines is 1. The van der Waals surface area contributed by atoms with E-state index in [1.54, 1.807) is 0 Å². The van der Waals surface area contributed by atoms with Crippen molar-refractivity contribution >= 4 is 28.2 Å². The molecule has 0 amide bonds. The first-order valence-electron chi connectivity index (χ1n) is 9.08. The number of hydrogen-bond donors (Lipinski definition) is 3. The summed E-state index contributed by atoms with van der Waals surface area (Å²) >= 11 is 6.93. The van der Waals surface area contributed by atoms with Crippen LogP contribution in [-0.2, 0) is 0 Å². The quantitative estimate of drug-likeness (QED) is 0.510. The molecule has 2 atom stereocenters. The highest BCUT2D eigenvalue weighted by Crippen LogP contribution is 2.48. The van der Waals surface area contributed by atoms with Crippen molar-refractivity contribution in [3.05, 3.63) is 52.2 Å². The van der Waals surface area contributed by atoms with Crippen LogP contribution in [0.15, 0.2) is 30.5 Å². The lowest BCUT2D eigenvalue weighted by molar-refractivity contribution is 0.0869. The Bertz CT molecular complexity index is 1020. The van der Waals surface area contributed by atoms with E-state index in [4.69, 9.17) is 11.6 Å². The Labute approximate surface area is 159 Å². The summed E-state index contributed by atoms with van der Waals surface area (Å²) in [5, 5.41) is 16.2. The Morgan fingerprint density at radius 2 is 1.85 bits per heavy atom. The summed E-state index contributed by atoms with van der Waals surface area (Å²) in [4.78, 5) is 3.39. The molecule has 1 aliphatic rings. The molecule has 0 bridgehead atoms. The van der Waals surface area contributed by atoms with Crippen molar-refractivity contribution in [3.63, 3.8) is 0 Å². The van der Waals surface area contributed by atoms with Crippen molar-refractivity contribution in [2.75, 3.05) is 5.32 Å². The van der Waals surface area contributed by atoms with Crippen LogP contribution in [0, 0.1) is 13.8 Å². The van der Waals surface area contributed by atoms with Crippen molar-refractivity contribution in [2.45, 2.75) is 52.2 Å². The van der Waals surface area contributed by atoms with E-state index in [1.807, 2.05) is 20.0 Å².